The van der Waals surface area contributed by atoms with Crippen molar-refractivity contribution >= 4 is 33.4 Å². The molecule has 0 spiro atoms. The third kappa shape index (κ3) is 4.95. The Balaban J connectivity index is 1.28. The maximum absolute atomic E-state index is 13.7. The first-order chi connectivity index (χ1) is 17.0. The van der Waals surface area contributed by atoms with Crippen LogP contribution in [-0.2, 0) is 11.3 Å². The lowest BCUT2D eigenvalue weighted by Crippen LogP contribution is -2.56. The normalized spacial score (nSPS) is 16.0. The van der Waals surface area contributed by atoms with Gasteiger partial charge in [0, 0.05) is 37.6 Å². The van der Waals surface area contributed by atoms with Gasteiger partial charge >= 0.3 is 0 Å². The molecule has 3 heterocycles. The highest BCUT2D eigenvalue weighted by Gasteiger charge is 2.32. The number of aryl methyl sites for hydroxylation is 1. The molecule has 7 heteroatoms. The topological polar surface area (TPSA) is 54.8 Å². The number of fused-ring (bicyclic) bond motifs is 1. The van der Waals surface area contributed by atoms with Crippen molar-refractivity contribution < 1.29 is 14.3 Å². The molecule has 0 N–H and O–H groups in total. The number of hydrogen-bond acceptors (Lipinski definition) is 4. The fourth-order valence-corrected chi connectivity index (χ4v) is 5.62. The maximum atomic E-state index is 13.7. The van der Waals surface area contributed by atoms with Crippen LogP contribution < -0.4 is 4.74 Å². The number of rotatable bonds is 6. The lowest BCUT2D eigenvalue weighted by Gasteiger charge is -2.39. The summed E-state index contributed by atoms with van der Waals surface area (Å²) in [5.74, 6) is 0.633. The van der Waals surface area contributed by atoms with Crippen LogP contribution in [0.3, 0.4) is 0 Å². The number of nitrogens with zero attached hydrogens (tertiary/aromatic N) is 3. The van der Waals surface area contributed by atoms with Crippen LogP contribution in [0.15, 0.2) is 72.1 Å². The molecule has 0 aliphatic carbocycles. The van der Waals surface area contributed by atoms with Gasteiger partial charge in [0.2, 0.25) is 0 Å². The van der Waals surface area contributed by atoms with Gasteiger partial charge in [0.1, 0.15) is 16.3 Å². The lowest BCUT2D eigenvalue weighted by atomic mass is 10.1. The average Bonchev–Trinajstić information content (AvgIpc) is 3.45. The Kier molecular flexibility index (Phi) is 6.59. The van der Waals surface area contributed by atoms with Crippen LogP contribution in [0, 0.1) is 6.92 Å². The quantitative estimate of drug-likeness (QED) is 0.392. The molecule has 4 aromatic rings. The number of ether oxygens (including phenoxy) is 1. The van der Waals surface area contributed by atoms with E-state index >= 15 is 0 Å². The Hall–Kier alpha value is -3.58. The van der Waals surface area contributed by atoms with E-state index in [9.17, 15) is 9.59 Å². The molecule has 2 aromatic carbocycles. The van der Waals surface area contributed by atoms with Crippen LogP contribution in [0.4, 0.5) is 0 Å². The molecule has 0 saturated carbocycles. The van der Waals surface area contributed by atoms with E-state index in [0.717, 1.165) is 10.2 Å². The first-order valence-corrected chi connectivity index (χ1v) is 12.8. The van der Waals surface area contributed by atoms with Gasteiger partial charge in [0.05, 0.1) is 0 Å². The minimum atomic E-state index is -0.0825. The van der Waals surface area contributed by atoms with E-state index in [4.69, 9.17) is 4.74 Å². The predicted octanol–water partition coefficient (Wildman–Crippen LogP) is 4.81. The number of hydrogen-bond donors (Lipinski definition) is 0. The third-order valence-corrected chi connectivity index (χ3v) is 7.44. The number of aromatic nitrogens is 1. The van der Waals surface area contributed by atoms with E-state index in [1.165, 1.54) is 11.1 Å². The van der Waals surface area contributed by atoms with Gasteiger partial charge in [-0.1, -0.05) is 48.0 Å². The monoisotopic (exact) mass is 487 g/mol. The zero-order valence-electron chi connectivity index (χ0n) is 20.0. The van der Waals surface area contributed by atoms with Crippen LogP contribution in [0.2, 0.25) is 0 Å². The van der Waals surface area contributed by atoms with Crippen LogP contribution in [0.25, 0.3) is 10.2 Å². The highest BCUT2D eigenvalue weighted by atomic mass is 32.1. The number of piperazine rings is 1. The van der Waals surface area contributed by atoms with Crippen LogP contribution >= 0.6 is 11.3 Å². The van der Waals surface area contributed by atoms with Crippen LogP contribution in [-0.4, -0.2) is 58.5 Å². The Morgan fingerprint density at radius 1 is 1.03 bits per heavy atom. The Labute approximate surface area is 209 Å². The molecular weight excluding hydrogens is 458 g/mol. The third-order valence-electron chi connectivity index (χ3n) is 6.49. The molecule has 0 bridgehead atoms. The predicted molar refractivity (Wildman–Crippen MR) is 139 cm³/mol. The first kappa shape index (κ1) is 23.2. The summed E-state index contributed by atoms with van der Waals surface area (Å²) in [5, 5.41) is 3.15. The number of para-hydroxylation sites is 1. The minimum absolute atomic E-state index is 0.00206. The molecule has 1 fully saturated rings. The second kappa shape index (κ2) is 9.96. The summed E-state index contributed by atoms with van der Waals surface area (Å²) in [4.78, 5) is 31.2. The van der Waals surface area contributed by atoms with E-state index in [1.54, 1.807) is 11.3 Å². The fourth-order valence-electron chi connectivity index (χ4n) is 4.72. The molecule has 5 rings (SSSR count). The van der Waals surface area contributed by atoms with Gasteiger partial charge in [0.15, 0.2) is 6.61 Å². The molecule has 1 unspecified atom stereocenters. The van der Waals surface area contributed by atoms with E-state index < -0.39 is 0 Å². The Morgan fingerprint density at radius 3 is 2.63 bits per heavy atom. The van der Waals surface area contributed by atoms with Crippen LogP contribution in [0.1, 0.15) is 28.5 Å². The van der Waals surface area contributed by atoms with E-state index in [0.29, 0.717) is 37.6 Å². The van der Waals surface area contributed by atoms with Crippen molar-refractivity contribution in [1.29, 1.82) is 0 Å². The molecule has 2 aromatic heterocycles. The number of carbonyl (C=O) groups is 2. The summed E-state index contributed by atoms with van der Waals surface area (Å²) in [6.07, 6.45) is 0. The van der Waals surface area contributed by atoms with Gasteiger partial charge < -0.3 is 19.1 Å². The van der Waals surface area contributed by atoms with Crippen molar-refractivity contribution in [3.8, 4) is 5.75 Å². The summed E-state index contributed by atoms with van der Waals surface area (Å²) in [5.41, 5.74) is 3.08. The smallest absolute Gasteiger partial charge is 0.270 e. The highest BCUT2D eigenvalue weighted by molar-refractivity contribution is 7.16. The van der Waals surface area contributed by atoms with E-state index in [-0.39, 0.29) is 24.5 Å². The zero-order valence-corrected chi connectivity index (χ0v) is 20.8. The maximum Gasteiger partial charge on any atom is 0.270 e. The largest absolute Gasteiger partial charge is 0.484 e. The van der Waals surface area contributed by atoms with Gasteiger partial charge in [-0.05, 0) is 49.1 Å². The summed E-state index contributed by atoms with van der Waals surface area (Å²) in [7, 11) is 0. The molecule has 2 amide bonds. The molecule has 6 nitrogen and oxygen atoms in total. The Bertz CT molecular complexity index is 1340. The number of amides is 2. The van der Waals surface area contributed by atoms with Gasteiger partial charge in [-0.15, -0.1) is 11.3 Å². The first-order valence-electron chi connectivity index (χ1n) is 11.9. The molecule has 1 saturated heterocycles. The van der Waals surface area contributed by atoms with Gasteiger partial charge in [-0.2, -0.15) is 0 Å². The van der Waals surface area contributed by atoms with Crippen molar-refractivity contribution in [2.75, 3.05) is 26.2 Å². The second-order valence-electron chi connectivity index (χ2n) is 9.07. The number of thiophene rings is 1. The molecular formula is C28H29N3O3S. The van der Waals surface area contributed by atoms with Gasteiger partial charge in [0.25, 0.3) is 11.8 Å². The van der Waals surface area contributed by atoms with Crippen molar-refractivity contribution in [2.24, 2.45) is 0 Å². The molecule has 1 aliphatic heterocycles. The highest BCUT2D eigenvalue weighted by Crippen LogP contribution is 2.28. The number of carbonyl (C=O) groups excluding carboxylic acids is 2. The lowest BCUT2D eigenvalue weighted by molar-refractivity contribution is -0.137. The summed E-state index contributed by atoms with van der Waals surface area (Å²) >= 11 is 1.66. The average molecular weight is 488 g/mol. The molecule has 1 aliphatic rings. The molecule has 35 heavy (non-hydrogen) atoms. The molecule has 1 atom stereocenters. The number of benzene rings is 2. The molecule has 0 radical (unpaired) electrons. The fraction of sp³-hybridized carbons (Fsp3) is 0.286. The van der Waals surface area contributed by atoms with E-state index in [1.807, 2.05) is 53.1 Å². The van der Waals surface area contributed by atoms with Crippen molar-refractivity contribution in [3.05, 3.63) is 88.9 Å². The second-order valence-corrected chi connectivity index (χ2v) is 9.97. The summed E-state index contributed by atoms with van der Waals surface area (Å²) < 4.78 is 7.78. The standard InChI is InChI=1S/C28H29N3O3S/c1-20-7-6-8-22(15-20)18-31-25(16-23-11-14-35-28(23)31)27(33)29-12-13-30(21(2)17-29)26(32)19-34-24-9-4-3-5-10-24/h3-11,14-16,21H,12-13,17-19H2,1-2H3. The van der Waals surface area contributed by atoms with E-state index in [2.05, 4.69) is 47.2 Å². The molecule has 180 valence electrons. The van der Waals surface area contributed by atoms with Crippen molar-refractivity contribution in [2.45, 2.75) is 26.4 Å². The minimum Gasteiger partial charge on any atom is -0.484 e. The summed E-state index contributed by atoms with van der Waals surface area (Å²) in [6, 6.07) is 21.7. The zero-order chi connectivity index (χ0) is 24.4. The van der Waals surface area contributed by atoms with Gasteiger partial charge in [-0.25, -0.2) is 0 Å². The van der Waals surface area contributed by atoms with Crippen molar-refractivity contribution in [1.82, 2.24) is 14.4 Å². The van der Waals surface area contributed by atoms with Gasteiger partial charge in [-0.3, -0.25) is 9.59 Å². The SMILES string of the molecule is Cc1cccc(Cn2c(C(=O)N3CCN(C(=O)COc4ccccc4)C(C)C3)cc3ccsc32)c1. The van der Waals surface area contributed by atoms with Crippen molar-refractivity contribution in [3.63, 3.8) is 0 Å². The Morgan fingerprint density at radius 2 is 1.86 bits per heavy atom. The van der Waals surface area contributed by atoms with Crippen LogP contribution in [0.5, 0.6) is 5.75 Å². The summed E-state index contributed by atoms with van der Waals surface area (Å²) in [6.45, 7) is 6.22.